The first-order valence-electron chi connectivity index (χ1n) is 6.65. The summed E-state index contributed by atoms with van der Waals surface area (Å²) in [6, 6.07) is 7.66. The number of nitrogens with one attached hydrogen (secondary N) is 1. The number of benzene rings is 1. The van der Waals surface area contributed by atoms with E-state index in [4.69, 9.17) is 10.5 Å². The van der Waals surface area contributed by atoms with Crippen LogP contribution in [0, 0.1) is 0 Å². The molecule has 2 rings (SSSR count). The molecule has 1 heterocycles. The minimum atomic E-state index is -0.325. The van der Waals surface area contributed by atoms with Crippen LogP contribution in [0.1, 0.15) is 12.5 Å². The van der Waals surface area contributed by atoms with Crippen LogP contribution < -0.4 is 11.1 Å². The van der Waals surface area contributed by atoms with Crippen molar-refractivity contribution >= 4 is 28.4 Å². The van der Waals surface area contributed by atoms with Crippen LogP contribution in [-0.4, -0.2) is 30.4 Å². The highest BCUT2D eigenvalue weighted by atomic mass is 16.5. The molecule has 2 aromatic rings. The van der Waals surface area contributed by atoms with Crippen molar-refractivity contribution in [3.8, 4) is 0 Å². The quantitative estimate of drug-likeness (QED) is 0.661. The number of hydrogen-bond acceptors (Lipinski definition) is 5. The number of rotatable bonds is 3. The van der Waals surface area contributed by atoms with E-state index in [1.54, 1.807) is 6.20 Å². The summed E-state index contributed by atoms with van der Waals surface area (Å²) in [4.78, 5) is 19.9. The van der Waals surface area contributed by atoms with Crippen molar-refractivity contribution in [2.45, 2.75) is 13.5 Å². The maximum atomic E-state index is 11.9. The zero-order valence-corrected chi connectivity index (χ0v) is 12.1. The van der Waals surface area contributed by atoms with Gasteiger partial charge >= 0.3 is 5.91 Å². The second-order valence-electron chi connectivity index (χ2n) is 4.42. The molecule has 0 spiro atoms. The Balaban J connectivity index is 2.10. The number of nitrogen functional groups attached to an aromatic ring is 1. The lowest BCUT2D eigenvalue weighted by atomic mass is 10.1. The Morgan fingerprint density at radius 2 is 2.24 bits per heavy atom. The van der Waals surface area contributed by atoms with Gasteiger partial charge in [0, 0.05) is 24.7 Å². The number of carbonyl (C=O) groups excluding carboxylic acids is 1. The molecule has 1 aromatic heterocycles. The number of aromatic nitrogens is 1. The van der Waals surface area contributed by atoms with Crippen molar-refractivity contribution in [3.05, 3.63) is 36.0 Å². The predicted octanol–water partition coefficient (Wildman–Crippen LogP) is 1.50. The standard InChI is InChI=1S/C15H18N4O2/c1-3-17-15(21-2)14(20)19-9-10-4-5-12-11(8-10)6-7-18-13(12)16/h4-8H,3,9H2,1-2H3,(H2,16,18)(H,19,20)/b17-15-. The number of carbonyl (C=O) groups is 1. The van der Waals surface area contributed by atoms with Gasteiger partial charge in [0.15, 0.2) is 0 Å². The summed E-state index contributed by atoms with van der Waals surface area (Å²) in [7, 11) is 1.43. The summed E-state index contributed by atoms with van der Waals surface area (Å²) < 4.78 is 4.94. The molecule has 0 aliphatic carbocycles. The lowest BCUT2D eigenvalue weighted by molar-refractivity contribution is -0.116. The van der Waals surface area contributed by atoms with E-state index in [9.17, 15) is 4.79 Å². The molecule has 3 N–H and O–H groups in total. The van der Waals surface area contributed by atoms with E-state index >= 15 is 0 Å². The summed E-state index contributed by atoms with van der Waals surface area (Å²) in [6.07, 6.45) is 1.66. The smallest absolute Gasteiger partial charge is 0.306 e. The number of ether oxygens (including phenoxy) is 1. The zero-order chi connectivity index (χ0) is 15.2. The largest absolute Gasteiger partial charge is 0.477 e. The lowest BCUT2D eigenvalue weighted by Gasteiger charge is -2.08. The van der Waals surface area contributed by atoms with Crippen LogP contribution >= 0.6 is 0 Å². The Labute approximate surface area is 123 Å². The van der Waals surface area contributed by atoms with E-state index in [1.165, 1.54) is 7.11 Å². The van der Waals surface area contributed by atoms with Gasteiger partial charge in [-0.05, 0) is 30.0 Å². The van der Waals surface area contributed by atoms with Crippen molar-refractivity contribution in [1.29, 1.82) is 0 Å². The molecular weight excluding hydrogens is 268 g/mol. The zero-order valence-electron chi connectivity index (χ0n) is 12.1. The molecule has 0 bridgehead atoms. The summed E-state index contributed by atoms with van der Waals surface area (Å²) in [5.41, 5.74) is 6.77. The highest BCUT2D eigenvalue weighted by Gasteiger charge is 2.10. The Morgan fingerprint density at radius 3 is 2.95 bits per heavy atom. The second-order valence-corrected chi connectivity index (χ2v) is 4.42. The van der Waals surface area contributed by atoms with E-state index in [2.05, 4.69) is 15.3 Å². The van der Waals surface area contributed by atoms with E-state index in [0.717, 1.165) is 16.3 Å². The fourth-order valence-corrected chi connectivity index (χ4v) is 1.99. The number of anilines is 1. The van der Waals surface area contributed by atoms with Gasteiger partial charge in [-0.2, -0.15) is 0 Å². The van der Waals surface area contributed by atoms with Gasteiger partial charge in [0.25, 0.3) is 5.90 Å². The lowest BCUT2D eigenvalue weighted by Crippen LogP contribution is -2.31. The van der Waals surface area contributed by atoms with E-state index in [0.29, 0.717) is 18.9 Å². The molecule has 0 unspecified atom stereocenters. The average molecular weight is 286 g/mol. The second kappa shape index (κ2) is 6.69. The molecule has 0 atom stereocenters. The Bertz CT molecular complexity index is 682. The van der Waals surface area contributed by atoms with Gasteiger partial charge in [0.2, 0.25) is 0 Å². The van der Waals surface area contributed by atoms with E-state index < -0.39 is 0 Å². The fraction of sp³-hybridized carbons (Fsp3) is 0.267. The first-order valence-corrected chi connectivity index (χ1v) is 6.65. The monoisotopic (exact) mass is 286 g/mol. The number of hydrogen-bond donors (Lipinski definition) is 2. The molecule has 6 heteroatoms. The molecule has 1 amide bonds. The van der Waals surface area contributed by atoms with Gasteiger partial charge in [0.05, 0.1) is 7.11 Å². The molecule has 0 fully saturated rings. The molecule has 0 radical (unpaired) electrons. The van der Waals surface area contributed by atoms with Gasteiger partial charge in [0.1, 0.15) is 5.82 Å². The maximum Gasteiger partial charge on any atom is 0.306 e. The SMILES string of the molecule is CC/N=C(\OC)C(=O)NCc1ccc2c(N)nccc2c1. The third-order valence-electron chi connectivity index (χ3n) is 3.00. The number of nitrogens with zero attached hydrogens (tertiary/aromatic N) is 2. The summed E-state index contributed by atoms with van der Waals surface area (Å²) in [6.45, 7) is 2.73. The number of amides is 1. The van der Waals surface area contributed by atoms with Crippen LogP contribution in [0.4, 0.5) is 5.82 Å². The molecule has 0 saturated carbocycles. The molecule has 0 saturated heterocycles. The van der Waals surface area contributed by atoms with Crippen molar-refractivity contribution in [3.63, 3.8) is 0 Å². The summed E-state index contributed by atoms with van der Waals surface area (Å²) >= 11 is 0. The van der Waals surface area contributed by atoms with Crippen molar-refractivity contribution in [1.82, 2.24) is 10.3 Å². The number of pyridine rings is 1. The Hall–Kier alpha value is -2.63. The number of methoxy groups -OCH3 is 1. The fourth-order valence-electron chi connectivity index (χ4n) is 1.99. The molecule has 110 valence electrons. The van der Waals surface area contributed by atoms with Crippen LogP contribution in [0.3, 0.4) is 0 Å². The van der Waals surface area contributed by atoms with E-state index in [1.807, 2.05) is 31.2 Å². The van der Waals surface area contributed by atoms with Crippen LogP contribution in [-0.2, 0) is 16.1 Å². The van der Waals surface area contributed by atoms with Gasteiger partial charge < -0.3 is 15.8 Å². The minimum absolute atomic E-state index is 0.0896. The van der Waals surface area contributed by atoms with Gasteiger partial charge in [-0.15, -0.1) is 0 Å². The number of aliphatic imine (C=N–C) groups is 1. The first-order chi connectivity index (χ1) is 10.2. The molecule has 6 nitrogen and oxygen atoms in total. The van der Waals surface area contributed by atoms with Crippen LogP contribution in [0.25, 0.3) is 10.8 Å². The van der Waals surface area contributed by atoms with E-state index in [-0.39, 0.29) is 11.8 Å². The predicted molar refractivity (Wildman–Crippen MR) is 83.0 cm³/mol. The molecule has 21 heavy (non-hydrogen) atoms. The Morgan fingerprint density at radius 1 is 1.43 bits per heavy atom. The van der Waals surface area contributed by atoms with Crippen LogP contribution in [0.15, 0.2) is 35.5 Å². The third kappa shape index (κ3) is 3.47. The first kappa shape index (κ1) is 14.8. The van der Waals surface area contributed by atoms with Crippen molar-refractivity contribution in [2.75, 3.05) is 19.4 Å². The minimum Gasteiger partial charge on any atom is -0.477 e. The number of nitrogens with two attached hydrogens (primary N) is 1. The van der Waals surface area contributed by atoms with Gasteiger partial charge in [-0.25, -0.2) is 9.98 Å². The van der Waals surface area contributed by atoms with Crippen molar-refractivity contribution < 1.29 is 9.53 Å². The topological polar surface area (TPSA) is 89.6 Å². The summed E-state index contributed by atoms with van der Waals surface area (Å²) in [5, 5.41) is 4.66. The van der Waals surface area contributed by atoms with Crippen LogP contribution in [0.2, 0.25) is 0 Å². The normalized spacial score (nSPS) is 11.4. The van der Waals surface area contributed by atoms with Crippen LogP contribution in [0.5, 0.6) is 0 Å². The molecule has 0 aliphatic rings. The molecular formula is C15H18N4O2. The Kier molecular flexibility index (Phi) is 4.71. The third-order valence-corrected chi connectivity index (χ3v) is 3.00. The highest BCUT2D eigenvalue weighted by molar-refractivity contribution is 6.35. The van der Waals surface area contributed by atoms with Gasteiger partial charge in [-0.1, -0.05) is 12.1 Å². The summed E-state index contributed by atoms with van der Waals surface area (Å²) in [5.74, 6) is 0.264. The van der Waals surface area contributed by atoms with Crippen molar-refractivity contribution in [2.24, 2.45) is 4.99 Å². The molecule has 0 aliphatic heterocycles. The molecule has 1 aromatic carbocycles. The maximum absolute atomic E-state index is 11.9. The highest BCUT2D eigenvalue weighted by Crippen LogP contribution is 2.19. The van der Waals surface area contributed by atoms with Gasteiger partial charge in [-0.3, -0.25) is 4.79 Å². The average Bonchev–Trinajstić information content (AvgIpc) is 2.50. The number of fused-ring (bicyclic) bond motifs is 1.